The summed E-state index contributed by atoms with van der Waals surface area (Å²) in [6, 6.07) is -1.52. The number of hydrogen-bond acceptors (Lipinski definition) is 9. The molecule has 0 bridgehead atoms. The van der Waals surface area contributed by atoms with Gasteiger partial charge in [-0.25, -0.2) is 4.57 Å². The molecule has 0 aliphatic heterocycles. The normalized spacial score (nSPS) is 14.0. The number of carboxylic acids is 1. The second-order valence-corrected chi connectivity index (χ2v) is 16.3. The lowest BCUT2D eigenvalue weighted by Gasteiger charge is -2.20. The van der Waals surface area contributed by atoms with Crippen LogP contribution in [0.3, 0.4) is 0 Å². The quantitative estimate of drug-likeness (QED) is 0.0232. The summed E-state index contributed by atoms with van der Waals surface area (Å²) < 4.78 is 32.7. The van der Waals surface area contributed by atoms with E-state index in [0.29, 0.717) is 12.8 Å². The standard InChI is InChI=1S/C43H80NO10P/c1-3-5-7-9-11-13-15-17-18-19-20-21-22-23-25-27-29-31-33-35-42(46)54-39(37-52-55(49,50)53-38-40(44)43(47)48)36-51-41(45)34-32-30-28-26-24-16-14-12-10-8-6-4-2/h12,14,19-20,39-40H,3-11,13,15-18,21-38,44H2,1-2H3,(H,47,48)(H,49,50)/b14-12-,20-19-/t39-,40+/m1/s1. The van der Waals surface area contributed by atoms with E-state index in [4.69, 9.17) is 24.8 Å². The van der Waals surface area contributed by atoms with Gasteiger partial charge in [-0.3, -0.25) is 23.4 Å². The van der Waals surface area contributed by atoms with Crippen molar-refractivity contribution in [3.05, 3.63) is 24.3 Å². The first-order chi connectivity index (χ1) is 26.6. The summed E-state index contributed by atoms with van der Waals surface area (Å²) in [5, 5.41) is 8.88. The first-order valence-electron chi connectivity index (χ1n) is 21.9. The van der Waals surface area contributed by atoms with Crippen LogP contribution in [0.2, 0.25) is 0 Å². The summed E-state index contributed by atoms with van der Waals surface area (Å²) in [5.74, 6) is -2.39. The van der Waals surface area contributed by atoms with Crippen LogP contribution in [-0.2, 0) is 37.5 Å². The third-order valence-corrected chi connectivity index (χ3v) is 10.4. The van der Waals surface area contributed by atoms with Crippen molar-refractivity contribution in [2.24, 2.45) is 5.73 Å². The van der Waals surface area contributed by atoms with Gasteiger partial charge in [-0.2, -0.15) is 0 Å². The average Bonchev–Trinajstić information content (AvgIpc) is 3.16. The summed E-state index contributed by atoms with van der Waals surface area (Å²) in [7, 11) is -4.71. The van der Waals surface area contributed by atoms with Crippen LogP contribution in [0.1, 0.15) is 200 Å². The second kappa shape index (κ2) is 38.8. The lowest BCUT2D eigenvalue weighted by molar-refractivity contribution is -0.161. The largest absolute Gasteiger partial charge is 0.480 e. The summed E-state index contributed by atoms with van der Waals surface area (Å²) in [4.78, 5) is 45.9. The van der Waals surface area contributed by atoms with Crippen LogP contribution < -0.4 is 5.73 Å². The number of ether oxygens (including phenoxy) is 2. The minimum absolute atomic E-state index is 0.156. The molecule has 0 saturated carbocycles. The number of allylic oxidation sites excluding steroid dienone is 4. The molecule has 0 aliphatic carbocycles. The first-order valence-corrected chi connectivity index (χ1v) is 23.4. The van der Waals surface area contributed by atoms with Crippen LogP contribution in [0.5, 0.6) is 0 Å². The minimum atomic E-state index is -4.71. The second-order valence-electron chi connectivity index (χ2n) is 14.8. The van der Waals surface area contributed by atoms with Gasteiger partial charge >= 0.3 is 25.7 Å². The van der Waals surface area contributed by atoms with Gasteiger partial charge in [0.15, 0.2) is 6.10 Å². The molecule has 3 atom stereocenters. The first kappa shape index (κ1) is 53.0. The number of hydrogen-bond donors (Lipinski definition) is 3. The molecule has 0 saturated heterocycles. The zero-order chi connectivity index (χ0) is 40.7. The van der Waals surface area contributed by atoms with Crippen LogP contribution in [0.15, 0.2) is 24.3 Å². The number of phosphoric acid groups is 1. The Bertz CT molecular complexity index is 1040. The predicted octanol–water partition coefficient (Wildman–Crippen LogP) is 11.5. The van der Waals surface area contributed by atoms with Crippen molar-refractivity contribution in [1.29, 1.82) is 0 Å². The SMILES string of the molecule is CCCCC/C=C\CCCCCCCC(=O)OC[C@H](COP(=O)(O)OC[C@H](N)C(=O)O)OC(=O)CCCCCCCCC/C=C\CCCCCCCCCC. The van der Waals surface area contributed by atoms with Crippen molar-refractivity contribution in [2.75, 3.05) is 19.8 Å². The maximum absolute atomic E-state index is 12.6. The molecule has 12 heteroatoms. The molecule has 0 fully saturated rings. The molecule has 4 N–H and O–H groups in total. The number of aliphatic carboxylic acids is 1. The van der Waals surface area contributed by atoms with Crippen LogP contribution in [-0.4, -0.2) is 59.9 Å². The van der Waals surface area contributed by atoms with Crippen LogP contribution in [0, 0.1) is 0 Å². The molecule has 0 aromatic heterocycles. The van der Waals surface area contributed by atoms with E-state index in [0.717, 1.165) is 64.2 Å². The van der Waals surface area contributed by atoms with Gasteiger partial charge in [0.1, 0.15) is 12.6 Å². The maximum Gasteiger partial charge on any atom is 0.472 e. The van der Waals surface area contributed by atoms with E-state index in [2.05, 4.69) is 42.7 Å². The van der Waals surface area contributed by atoms with Gasteiger partial charge in [-0.1, -0.05) is 147 Å². The molecule has 0 aliphatic rings. The van der Waals surface area contributed by atoms with Crippen molar-refractivity contribution >= 4 is 25.7 Å². The number of rotatable bonds is 41. The predicted molar refractivity (Wildman–Crippen MR) is 222 cm³/mol. The molecule has 0 radical (unpaired) electrons. The lowest BCUT2D eigenvalue weighted by atomic mass is 10.1. The number of carbonyl (C=O) groups excluding carboxylic acids is 2. The number of nitrogens with two attached hydrogens (primary N) is 1. The van der Waals surface area contributed by atoms with Gasteiger partial charge < -0.3 is 25.2 Å². The third-order valence-electron chi connectivity index (χ3n) is 9.42. The van der Waals surface area contributed by atoms with Gasteiger partial charge in [0.25, 0.3) is 0 Å². The summed E-state index contributed by atoms with van der Waals surface area (Å²) in [6.07, 6.45) is 39.6. The highest BCUT2D eigenvalue weighted by molar-refractivity contribution is 7.47. The topological polar surface area (TPSA) is 172 Å². The Morgan fingerprint density at radius 2 is 0.909 bits per heavy atom. The summed E-state index contributed by atoms with van der Waals surface area (Å²) in [5.41, 5.74) is 5.33. The molecule has 0 aromatic carbocycles. The monoisotopic (exact) mass is 802 g/mol. The molecule has 0 amide bonds. The summed E-state index contributed by atoms with van der Waals surface area (Å²) in [6.45, 7) is 2.77. The van der Waals surface area contributed by atoms with Crippen LogP contribution in [0.4, 0.5) is 0 Å². The lowest BCUT2D eigenvalue weighted by Crippen LogP contribution is -2.34. The Labute approximate surface area is 334 Å². The van der Waals surface area contributed by atoms with E-state index in [1.807, 2.05) is 0 Å². The number of carbonyl (C=O) groups is 3. The van der Waals surface area contributed by atoms with Gasteiger partial charge in [0.2, 0.25) is 0 Å². The Kier molecular flexibility index (Phi) is 37.4. The van der Waals surface area contributed by atoms with E-state index < -0.39 is 51.1 Å². The van der Waals surface area contributed by atoms with Crippen molar-refractivity contribution in [3.63, 3.8) is 0 Å². The van der Waals surface area contributed by atoms with E-state index in [-0.39, 0.29) is 19.4 Å². The van der Waals surface area contributed by atoms with Crippen molar-refractivity contribution in [1.82, 2.24) is 0 Å². The molecule has 55 heavy (non-hydrogen) atoms. The molecular weight excluding hydrogens is 721 g/mol. The van der Waals surface area contributed by atoms with Crippen LogP contribution in [0.25, 0.3) is 0 Å². The molecule has 0 aromatic rings. The molecule has 11 nitrogen and oxygen atoms in total. The average molecular weight is 802 g/mol. The van der Waals surface area contributed by atoms with Crippen molar-refractivity contribution in [2.45, 2.75) is 212 Å². The van der Waals surface area contributed by atoms with Gasteiger partial charge in [0.05, 0.1) is 13.2 Å². The molecule has 0 rings (SSSR count). The molecule has 0 heterocycles. The number of unbranched alkanes of at least 4 members (excludes halogenated alkanes) is 23. The highest BCUT2D eigenvalue weighted by Gasteiger charge is 2.28. The molecule has 0 spiro atoms. The molecular formula is C43H80NO10P. The minimum Gasteiger partial charge on any atom is -0.480 e. The Morgan fingerprint density at radius 3 is 1.36 bits per heavy atom. The van der Waals surface area contributed by atoms with Crippen LogP contribution >= 0.6 is 7.82 Å². The fourth-order valence-electron chi connectivity index (χ4n) is 5.94. The smallest absolute Gasteiger partial charge is 0.472 e. The number of phosphoric ester groups is 1. The Balaban J connectivity index is 4.33. The van der Waals surface area contributed by atoms with E-state index in [1.165, 1.54) is 96.3 Å². The highest BCUT2D eigenvalue weighted by Crippen LogP contribution is 2.43. The van der Waals surface area contributed by atoms with Crippen molar-refractivity contribution in [3.8, 4) is 0 Å². The zero-order valence-corrected chi connectivity index (χ0v) is 35.7. The fraction of sp³-hybridized carbons (Fsp3) is 0.837. The van der Waals surface area contributed by atoms with Gasteiger partial charge in [0, 0.05) is 12.8 Å². The number of carboxylic acid groups (broad SMARTS) is 1. The van der Waals surface area contributed by atoms with E-state index in [9.17, 15) is 23.8 Å². The zero-order valence-electron chi connectivity index (χ0n) is 34.8. The van der Waals surface area contributed by atoms with Crippen molar-refractivity contribution < 1.29 is 47.5 Å². The Hall–Kier alpha value is -2.04. The highest BCUT2D eigenvalue weighted by atomic mass is 31.2. The fourth-order valence-corrected chi connectivity index (χ4v) is 6.71. The third kappa shape index (κ3) is 38.6. The maximum atomic E-state index is 12.6. The van der Waals surface area contributed by atoms with E-state index in [1.54, 1.807) is 0 Å². The Morgan fingerprint density at radius 1 is 0.545 bits per heavy atom. The van der Waals surface area contributed by atoms with Gasteiger partial charge in [-0.05, 0) is 64.2 Å². The molecule has 1 unspecified atom stereocenters. The van der Waals surface area contributed by atoms with Gasteiger partial charge in [-0.15, -0.1) is 0 Å². The number of esters is 2. The molecule has 322 valence electrons. The summed E-state index contributed by atoms with van der Waals surface area (Å²) >= 11 is 0. The van der Waals surface area contributed by atoms with E-state index >= 15 is 0 Å².